The Kier molecular flexibility index (Phi) is 11.4. The zero-order valence-electron chi connectivity index (χ0n) is 45.9. The largest absolute Gasteiger partial charge is 0.455 e. The minimum absolute atomic E-state index is 0.0243. The van der Waals surface area contributed by atoms with Crippen molar-refractivity contribution in [1.82, 2.24) is 0 Å². The summed E-state index contributed by atoms with van der Waals surface area (Å²) in [5, 5.41) is 2.25. The number of hydrogen-bond acceptors (Lipinski definition) is 4. The van der Waals surface area contributed by atoms with Gasteiger partial charge in [0.05, 0.1) is 0 Å². The molecule has 1 atom stereocenters. The number of para-hydroxylation sites is 4. The number of fused-ring (bicyclic) bond motifs is 7. The molecule has 0 radical (unpaired) electrons. The van der Waals surface area contributed by atoms with Gasteiger partial charge in [-0.3, -0.25) is 0 Å². The molecule has 1 aliphatic carbocycles. The molecule has 0 saturated heterocycles. The number of nitrogens with zero attached hydrogens (tertiary/aromatic N) is 3. The van der Waals surface area contributed by atoms with E-state index in [4.69, 9.17) is 4.42 Å². The molecule has 0 N–H and O–H groups in total. The number of benzene rings is 9. The van der Waals surface area contributed by atoms with E-state index in [1.807, 2.05) is 0 Å². The quantitative estimate of drug-likeness (QED) is 0.148. The summed E-state index contributed by atoms with van der Waals surface area (Å²) in [6.45, 7) is 21.1. The van der Waals surface area contributed by atoms with Gasteiger partial charge in [-0.05, 0) is 146 Å². The van der Waals surface area contributed by atoms with Crippen LogP contribution in [0, 0.1) is 0 Å². The van der Waals surface area contributed by atoms with Crippen LogP contribution in [0.15, 0.2) is 223 Å². The minimum atomic E-state index is -0.192. The molecule has 10 aromatic rings. The molecule has 1 unspecified atom stereocenters. The molecule has 0 fully saturated rings. The summed E-state index contributed by atoms with van der Waals surface area (Å²) < 4.78 is 6.73. The molecule has 3 heterocycles. The first-order valence-corrected chi connectivity index (χ1v) is 27.6. The summed E-state index contributed by atoms with van der Waals surface area (Å²) in [6, 6.07) is 72.7. The maximum absolute atomic E-state index is 6.73. The number of anilines is 9. The Morgan fingerprint density at radius 2 is 1.10 bits per heavy atom. The van der Waals surface area contributed by atoms with E-state index in [1.165, 1.54) is 61.4 Å². The lowest BCUT2D eigenvalue weighted by Crippen LogP contribution is -2.61. The SMILES string of the molecule is CC(C)(C)c1ccc2c(c1)B1c3ccc(N(c4ccccc4)c4ccccc4)cc3N(c3cccc(-c4cccc5c4oc4ccccc45)c3)c3cc(C(C)(C)C)cc(c31)N2c1ccc(C(C)(C)C)cc1C1C=CC=CC1. The molecule has 4 nitrogen and oxygen atoms in total. The van der Waals surface area contributed by atoms with Crippen molar-refractivity contribution in [3.63, 3.8) is 0 Å². The third-order valence-corrected chi connectivity index (χ3v) is 16.4. The van der Waals surface area contributed by atoms with Crippen LogP contribution in [-0.2, 0) is 16.2 Å². The van der Waals surface area contributed by atoms with E-state index >= 15 is 0 Å². The first-order valence-electron chi connectivity index (χ1n) is 27.6. The maximum Gasteiger partial charge on any atom is 0.252 e. The van der Waals surface area contributed by atoms with Crippen LogP contribution < -0.4 is 31.1 Å². The molecule has 5 heteroatoms. The number of allylic oxidation sites excluding steroid dienone is 4. The van der Waals surface area contributed by atoms with E-state index in [9.17, 15) is 0 Å². The van der Waals surface area contributed by atoms with Crippen LogP contribution in [0.1, 0.15) is 96.9 Å². The zero-order chi connectivity index (χ0) is 53.0. The molecule has 0 bridgehead atoms. The smallest absolute Gasteiger partial charge is 0.252 e. The summed E-state index contributed by atoms with van der Waals surface area (Å²) in [6.07, 6.45) is 10.1. The van der Waals surface area contributed by atoms with Crippen LogP contribution in [0.2, 0.25) is 0 Å². The average molecular weight is 1000 g/mol. The van der Waals surface area contributed by atoms with Crippen molar-refractivity contribution in [2.75, 3.05) is 14.7 Å². The van der Waals surface area contributed by atoms with E-state index in [0.29, 0.717) is 0 Å². The summed E-state index contributed by atoms with van der Waals surface area (Å²) in [7, 11) is 0. The molecule has 3 aliphatic rings. The Hall–Kier alpha value is -8.28. The van der Waals surface area contributed by atoms with Gasteiger partial charge in [-0.2, -0.15) is 0 Å². The Morgan fingerprint density at radius 3 is 1.79 bits per heavy atom. The highest BCUT2D eigenvalue weighted by Crippen LogP contribution is 2.51. The Balaban J connectivity index is 1.13. The van der Waals surface area contributed by atoms with Crippen LogP contribution in [0.25, 0.3) is 33.1 Å². The summed E-state index contributed by atoms with van der Waals surface area (Å²) in [5.74, 6) is 0.223. The van der Waals surface area contributed by atoms with Gasteiger partial charge in [0, 0.05) is 73.4 Å². The second kappa shape index (κ2) is 18.2. The Morgan fingerprint density at radius 1 is 0.468 bits per heavy atom. The fourth-order valence-corrected chi connectivity index (χ4v) is 12.3. The van der Waals surface area contributed by atoms with Gasteiger partial charge in [0.1, 0.15) is 11.2 Å². The van der Waals surface area contributed by atoms with Crippen LogP contribution >= 0.6 is 0 Å². The maximum atomic E-state index is 6.73. The molecular weight excluding hydrogens is 934 g/mol. The Bertz CT molecular complexity index is 3950. The molecule has 0 amide bonds. The van der Waals surface area contributed by atoms with Crippen molar-refractivity contribution in [3.8, 4) is 11.1 Å². The molecule has 0 saturated carbocycles. The lowest BCUT2D eigenvalue weighted by atomic mass is 9.33. The van der Waals surface area contributed by atoms with Crippen molar-refractivity contribution >= 4 is 96.2 Å². The molecule has 13 rings (SSSR count). The molecule has 2 aliphatic heterocycles. The highest BCUT2D eigenvalue weighted by atomic mass is 16.3. The first kappa shape index (κ1) is 48.4. The van der Waals surface area contributed by atoms with Gasteiger partial charge in [-0.25, -0.2) is 0 Å². The number of hydrogen-bond donors (Lipinski definition) is 0. The second-order valence-corrected chi connectivity index (χ2v) is 24.6. The fourth-order valence-electron chi connectivity index (χ4n) is 12.3. The van der Waals surface area contributed by atoms with Gasteiger partial charge in [0.2, 0.25) is 0 Å². The lowest BCUT2D eigenvalue weighted by molar-refractivity contribution is 0.588. The standard InChI is InChI=1S/C72H66BN3O/c1-70(2,3)49-35-39-62(59(42-49)47-23-13-10-14-24-47)76-63-40-36-50(71(4,5)6)43-61(63)73-60-38-37-55(74(52-26-15-11-16-27-52)53-28-17-12-18-29-53)46-64(60)75(65-44-51(72(7,8)9)45-66(76)68(65)73)54-30-21-25-48(41-54)56-32-22-33-58-57-31-19-20-34-67(57)77-69(56)58/h10-23,25-47H,24H2,1-9H3. The highest BCUT2D eigenvalue weighted by Gasteiger charge is 2.45. The van der Waals surface area contributed by atoms with E-state index in [0.717, 1.165) is 67.9 Å². The summed E-state index contributed by atoms with van der Waals surface area (Å²) in [4.78, 5) is 7.65. The predicted molar refractivity (Wildman–Crippen MR) is 330 cm³/mol. The fraction of sp³-hybridized carbons (Fsp3) is 0.194. The van der Waals surface area contributed by atoms with Gasteiger partial charge in [0.15, 0.2) is 0 Å². The van der Waals surface area contributed by atoms with Gasteiger partial charge in [0.25, 0.3) is 6.71 Å². The van der Waals surface area contributed by atoms with Crippen molar-refractivity contribution in [3.05, 3.63) is 241 Å². The number of furan rings is 1. The van der Waals surface area contributed by atoms with Crippen LogP contribution in [0.5, 0.6) is 0 Å². The highest BCUT2D eigenvalue weighted by molar-refractivity contribution is 7.00. The van der Waals surface area contributed by atoms with Gasteiger partial charge < -0.3 is 19.1 Å². The van der Waals surface area contributed by atoms with Gasteiger partial charge in [-0.1, -0.05) is 202 Å². The van der Waals surface area contributed by atoms with Crippen LogP contribution in [0.3, 0.4) is 0 Å². The average Bonchev–Trinajstić information content (AvgIpc) is 3.89. The summed E-state index contributed by atoms with van der Waals surface area (Å²) in [5.41, 5.74) is 23.3. The molecule has 378 valence electrons. The van der Waals surface area contributed by atoms with Crippen molar-refractivity contribution < 1.29 is 4.42 Å². The van der Waals surface area contributed by atoms with Crippen molar-refractivity contribution in [2.45, 2.75) is 90.9 Å². The van der Waals surface area contributed by atoms with Gasteiger partial charge in [-0.15, -0.1) is 0 Å². The molecule has 77 heavy (non-hydrogen) atoms. The third-order valence-electron chi connectivity index (χ3n) is 16.4. The van der Waals surface area contributed by atoms with E-state index in [1.54, 1.807) is 0 Å². The molecule has 0 spiro atoms. The van der Waals surface area contributed by atoms with Crippen LogP contribution in [-0.4, -0.2) is 6.71 Å². The lowest BCUT2D eigenvalue weighted by Gasteiger charge is -2.46. The van der Waals surface area contributed by atoms with E-state index in [2.05, 4.69) is 295 Å². The third kappa shape index (κ3) is 8.30. The van der Waals surface area contributed by atoms with Crippen LogP contribution in [0.4, 0.5) is 51.2 Å². The topological polar surface area (TPSA) is 22.9 Å². The minimum Gasteiger partial charge on any atom is -0.455 e. The normalized spacial score (nSPS) is 15.0. The van der Waals surface area contributed by atoms with E-state index in [-0.39, 0.29) is 28.9 Å². The second-order valence-electron chi connectivity index (χ2n) is 24.6. The van der Waals surface area contributed by atoms with E-state index < -0.39 is 0 Å². The number of rotatable bonds is 7. The Labute approximate surface area is 455 Å². The van der Waals surface area contributed by atoms with Crippen molar-refractivity contribution in [2.24, 2.45) is 0 Å². The predicted octanol–water partition coefficient (Wildman–Crippen LogP) is 18.3. The summed E-state index contributed by atoms with van der Waals surface area (Å²) >= 11 is 0. The van der Waals surface area contributed by atoms with Gasteiger partial charge >= 0.3 is 0 Å². The first-order chi connectivity index (χ1) is 37.1. The zero-order valence-corrected chi connectivity index (χ0v) is 45.9. The molecule has 1 aromatic heterocycles. The van der Waals surface area contributed by atoms with Crippen molar-refractivity contribution in [1.29, 1.82) is 0 Å². The monoisotopic (exact) mass is 1000 g/mol. The molecular formula is C72H66BN3O. The molecule has 9 aromatic carbocycles.